The van der Waals surface area contributed by atoms with Gasteiger partial charge in [-0.3, -0.25) is 0 Å². The van der Waals surface area contributed by atoms with Gasteiger partial charge in [-0.15, -0.1) is 0 Å². The summed E-state index contributed by atoms with van der Waals surface area (Å²) in [5.41, 5.74) is 3.17. The summed E-state index contributed by atoms with van der Waals surface area (Å²) in [4.78, 5) is 2.44. The van der Waals surface area contributed by atoms with E-state index < -0.39 is 0 Å². The number of thiocarbonyl (C=S) groups is 1. The van der Waals surface area contributed by atoms with Crippen molar-refractivity contribution in [3.63, 3.8) is 0 Å². The molecule has 0 radical (unpaired) electrons. The molecule has 0 fully saturated rings. The molecule has 0 atom stereocenters. The Kier molecular flexibility index (Phi) is 6.26. The van der Waals surface area contributed by atoms with Gasteiger partial charge in [0.1, 0.15) is 5.82 Å². The molecule has 0 unspecified atom stereocenters. The smallest absolute Gasteiger partial charge is 0.170 e. The van der Waals surface area contributed by atoms with Gasteiger partial charge in [0.25, 0.3) is 0 Å². The molecule has 2 aromatic carbocycles. The van der Waals surface area contributed by atoms with Crippen molar-refractivity contribution in [2.24, 2.45) is 0 Å². The van der Waals surface area contributed by atoms with Gasteiger partial charge in [0.15, 0.2) is 5.11 Å². The van der Waals surface area contributed by atoms with Crippen LogP contribution in [-0.2, 0) is 6.42 Å². The minimum Gasteiger partial charge on any atom is -0.371 e. The minimum atomic E-state index is -0.330. The van der Waals surface area contributed by atoms with Crippen LogP contribution in [0.2, 0.25) is 0 Å². The Morgan fingerprint density at radius 3 is 2.92 bits per heavy atom. The Hall–Kier alpha value is -1.66. The first kappa shape index (κ1) is 18.1. The summed E-state index contributed by atoms with van der Waals surface area (Å²) in [7, 11) is 0. The lowest BCUT2D eigenvalue weighted by Gasteiger charge is -2.31. The molecule has 2 aromatic rings. The van der Waals surface area contributed by atoms with Crippen LogP contribution in [0.3, 0.4) is 0 Å². The van der Waals surface area contributed by atoms with Crippen LogP contribution in [0.5, 0.6) is 0 Å². The lowest BCUT2D eigenvalue weighted by Crippen LogP contribution is -2.34. The summed E-state index contributed by atoms with van der Waals surface area (Å²) >= 11 is 8.49. The van der Waals surface area contributed by atoms with Crippen LogP contribution in [0.15, 0.2) is 46.9 Å². The molecule has 0 aliphatic carbocycles. The molecule has 2 N–H and O–H groups in total. The summed E-state index contributed by atoms with van der Waals surface area (Å²) < 4.78 is 14.5. The maximum absolute atomic E-state index is 13.8. The molecule has 0 saturated carbocycles. The third kappa shape index (κ3) is 4.92. The molecular formula is C19H21BrFN3S. The number of aryl methyl sites for hydroxylation is 1. The monoisotopic (exact) mass is 421 g/mol. The number of anilines is 2. The predicted molar refractivity (Wildman–Crippen MR) is 110 cm³/mol. The first-order chi connectivity index (χ1) is 12.1. The normalized spacial score (nSPS) is 13.3. The molecule has 0 spiro atoms. The summed E-state index contributed by atoms with van der Waals surface area (Å²) in [5.74, 6) is -0.330. The zero-order valence-corrected chi connectivity index (χ0v) is 16.3. The molecule has 1 aliphatic rings. The average Bonchev–Trinajstić information content (AvgIpc) is 2.61. The van der Waals surface area contributed by atoms with Crippen molar-refractivity contribution in [2.75, 3.05) is 29.9 Å². The van der Waals surface area contributed by atoms with Gasteiger partial charge in [-0.2, -0.15) is 0 Å². The summed E-state index contributed by atoms with van der Waals surface area (Å²) in [5, 5.41) is 6.50. The molecule has 132 valence electrons. The number of nitrogens with zero attached hydrogens (tertiary/aromatic N) is 1. The van der Waals surface area contributed by atoms with Crippen LogP contribution in [-0.4, -0.2) is 24.7 Å². The number of halogens is 2. The number of hydrogen-bond acceptors (Lipinski definition) is 2. The van der Waals surface area contributed by atoms with Crippen molar-refractivity contribution in [1.29, 1.82) is 0 Å². The van der Waals surface area contributed by atoms with E-state index in [0.29, 0.717) is 15.3 Å². The average molecular weight is 422 g/mol. The predicted octanol–water partition coefficient (Wildman–Crippen LogP) is 4.72. The van der Waals surface area contributed by atoms with E-state index in [-0.39, 0.29) is 5.82 Å². The van der Waals surface area contributed by atoms with Crippen LogP contribution in [0.25, 0.3) is 0 Å². The highest BCUT2D eigenvalue weighted by atomic mass is 79.9. The zero-order valence-electron chi connectivity index (χ0n) is 13.9. The Balaban J connectivity index is 1.44. The van der Waals surface area contributed by atoms with Crippen LogP contribution in [0.1, 0.15) is 18.4 Å². The molecule has 0 bridgehead atoms. The Morgan fingerprint density at radius 2 is 2.08 bits per heavy atom. The third-order valence-electron chi connectivity index (χ3n) is 4.28. The zero-order chi connectivity index (χ0) is 17.6. The number of nitrogens with one attached hydrogen (secondary N) is 2. The van der Waals surface area contributed by atoms with Gasteiger partial charge in [-0.05, 0) is 61.3 Å². The largest absolute Gasteiger partial charge is 0.371 e. The second kappa shape index (κ2) is 8.63. The van der Waals surface area contributed by atoms with Gasteiger partial charge in [0, 0.05) is 29.8 Å². The fourth-order valence-corrected chi connectivity index (χ4v) is 3.62. The number of para-hydroxylation sites is 1. The fourth-order valence-electron chi connectivity index (χ4n) is 3.07. The van der Waals surface area contributed by atoms with Crippen molar-refractivity contribution in [3.8, 4) is 0 Å². The maximum atomic E-state index is 13.8. The lowest BCUT2D eigenvalue weighted by molar-refractivity contribution is 0.631. The highest BCUT2D eigenvalue weighted by Gasteiger charge is 2.15. The van der Waals surface area contributed by atoms with E-state index in [9.17, 15) is 4.39 Å². The van der Waals surface area contributed by atoms with E-state index in [1.807, 2.05) is 0 Å². The van der Waals surface area contributed by atoms with Gasteiger partial charge >= 0.3 is 0 Å². The molecular weight excluding hydrogens is 401 g/mol. The molecule has 0 aromatic heterocycles. The van der Waals surface area contributed by atoms with Crippen molar-refractivity contribution >= 4 is 44.6 Å². The maximum Gasteiger partial charge on any atom is 0.170 e. The molecule has 3 rings (SSSR count). The summed E-state index contributed by atoms with van der Waals surface area (Å²) in [6.07, 6.45) is 3.34. The first-order valence-corrected chi connectivity index (χ1v) is 9.66. The van der Waals surface area contributed by atoms with Crippen molar-refractivity contribution < 1.29 is 4.39 Å². The van der Waals surface area contributed by atoms with E-state index in [0.717, 1.165) is 32.5 Å². The second-order valence-corrected chi connectivity index (χ2v) is 7.40. The van der Waals surface area contributed by atoms with Crippen molar-refractivity contribution in [2.45, 2.75) is 19.3 Å². The Labute approximate surface area is 161 Å². The van der Waals surface area contributed by atoms with E-state index in [1.54, 1.807) is 12.1 Å². The van der Waals surface area contributed by atoms with Crippen LogP contribution >= 0.6 is 28.1 Å². The van der Waals surface area contributed by atoms with E-state index >= 15 is 0 Å². The Morgan fingerprint density at radius 1 is 1.24 bits per heavy atom. The van der Waals surface area contributed by atoms with E-state index in [1.165, 1.54) is 23.7 Å². The fraction of sp³-hybridized carbons (Fsp3) is 0.316. The molecule has 0 saturated heterocycles. The van der Waals surface area contributed by atoms with Crippen molar-refractivity contribution in [3.05, 3.63) is 58.3 Å². The van der Waals surface area contributed by atoms with E-state index in [2.05, 4.69) is 55.7 Å². The number of fused-ring (bicyclic) bond motifs is 1. The van der Waals surface area contributed by atoms with Crippen LogP contribution in [0.4, 0.5) is 15.8 Å². The van der Waals surface area contributed by atoms with Gasteiger partial charge in [-0.25, -0.2) is 4.39 Å². The van der Waals surface area contributed by atoms with Crippen molar-refractivity contribution in [1.82, 2.24) is 5.32 Å². The topological polar surface area (TPSA) is 27.3 Å². The second-order valence-electron chi connectivity index (χ2n) is 6.08. The van der Waals surface area contributed by atoms with Gasteiger partial charge in [-0.1, -0.05) is 34.1 Å². The molecule has 1 heterocycles. The molecule has 1 aliphatic heterocycles. The molecule has 0 amide bonds. The van der Waals surface area contributed by atoms with Crippen LogP contribution in [0, 0.1) is 5.82 Å². The Bertz CT molecular complexity index is 753. The summed E-state index contributed by atoms with van der Waals surface area (Å²) in [6.45, 7) is 2.84. The number of rotatable bonds is 5. The molecule has 6 heteroatoms. The number of hydrogen-bond donors (Lipinski definition) is 2. The lowest BCUT2D eigenvalue weighted by atomic mass is 10.0. The van der Waals surface area contributed by atoms with Gasteiger partial charge in [0.2, 0.25) is 0 Å². The minimum absolute atomic E-state index is 0.330. The highest BCUT2D eigenvalue weighted by molar-refractivity contribution is 9.10. The number of benzene rings is 2. The van der Waals surface area contributed by atoms with Gasteiger partial charge < -0.3 is 15.5 Å². The third-order valence-corrected chi connectivity index (χ3v) is 5.02. The van der Waals surface area contributed by atoms with E-state index in [4.69, 9.17) is 12.2 Å². The highest BCUT2D eigenvalue weighted by Crippen LogP contribution is 2.26. The SMILES string of the molecule is Fc1cc(Br)ccc1NC(=S)NCCCN1CCCc2ccccc21. The van der Waals surface area contributed by atoms with Crippen LogP contribution < -0.4 is 15.5 Å². The van der Waals surface area contributed by atoms with Gasteiger partial charge in [0.05, 0.1) is 5.69 Å². The quantitative estimate of drug-likeness (QED) is 0.539. The molecule has 3 nitrogen and oxygen atoms in total. The first-order valence-electron chi connectivity index (χ1n) is 8.46. The summed E-state index contributed by atoms with van der Waals surface area (Å²) in [6, 6.07) is 13.5. The standard InChI is InChI=1S/C19H21BrFN3S/c20-15-8-9-17(16(21)13-15)23-19(25)22-10-4-12-24-11-3-6-14-5-1-2-7-18(14)24/h1-2,5,7-9,13H,3-4,6,10-12H2,(H2,22,23,25). The molecule has 25 heavy (non-hydrogen) atoms.